The standard InChI is InChI=1S/C19H23ClFN7O/c1-28(2)10-9-22-7-6-16-25-17-13(5-8-23-19(17)26-16)18(27-29)24-12-3-4-15(21)14(20)11-12/h3-5,8,11,22,29H,6-7,9-10H2,1-2H3,(H,24,27)(H,23,25,26). The van der Waals surface area contributed by atoms with Gasteiger partial charge in [0.1, 0.15) is 11.6 Å². The summed E-state index contributed by atoms with van der Waals surface area (Å²) in [6, 6.07) is 5.77. The third kappa shape index (κ3) is 5.48. The first kappa shape index (κ1) is 21.1. The fraction of sp³-hybridized carbons (Fsp3) is 0.316. The van der Waals surface area contributed by atoms with E-state index in [1.807, 2.05) is 14.1 Å². The number of aromatic amines is 1. The summed E-state index contributed by atoms with van der Waals surface area (Å²) in [4.78, 5) is 18.5. The zero-order valence-corrected chi connectivity index (χ0v) is 17.0. The van der Waals surface area contributed by atoms with Crippen molar-refractivity contribution in [2.75, 3.05) is 33.7 Å². The van der Waals surface area contributed by atoms with E-state index in [0.29, 0.717) is 28.8 Å². The Bertz CT molecular complexity index is 1010. The summed E-state index contributed by atoms with van der Waals surface area (Å²) in [7, 11) is 4.06. The number of aliphatic imine (C=N–C) groups is 1. The minimum absolute atomic E-state index is 0.0472. The van der Waals surface area contributed by atoms with Crippen LogP contribution in [0.2, 0.25) is 5.02 Å². The number of pyridine rings is 1. The van der Waals surface area contributed by atoms with Gasteiger partial charge in [0, 0.05) is 37.8 Å². The number of nitrogens with zero attached hydrogens (tertiary/aromatic N) is 4. The van der Waals surface area contributed by atoms with Crippen LogP contribution < -0.4 is 10.8 Å². The zero-order chi connectivity index (χ0) is 20.8. The molecule has 154 valence electrons. The van der Waals surface area contributed by atoms with E-state index in [-0.39, 0.29) is 10.9 Å². The van der Waals surface area contributed by atoms with Gasteiger partial charge in [-0.05, 0) is 38.4 Å². The summed E-state index contributed by atoms with van der Waals surface area (Å²) in [6.07, 6.45) is 2.29. The molecule has 10 heteroatoms. The second-order valence-electron chi connectivity index (χ2n) is 6.71. The van der Waals surface area contributed by atoms with Crippen molar-refractivity contribution in [3.8, 4) is 0 Å². The van der Waals surface area contributed by atoms with Crippen LogP contribution >= 0.6 is 11.6 Å². The maximum Gasteiger partial charge on any atom is 0.178 e. The minimum Gasteiger partial charge on any atom is -0.340 e. The summed E-state index contributed by atoms with van der Waals surface area (Å²) in [6.45, 7) is 2.62. The number of halogens is 2. The number of imidazole rings is 1. The lowest BCUT2D eigenvalue weighted by atomic mass is 10.2. The number of rotatable bonds is 8. The van der Waals surface area contributed by atoms with Crippen molar-refractivity contribution >= 4 is 34.3 Å². The van der Waals surface area contributed by atoms with Crippen molar-refractivity contribution in [2.24, 2.45) is 4.99 Å². The van der Waals surface area contributed by atoms with E-state index >= 15 is 0 Å². The van der Waals surface area contributed by atoms with Crippen LogP contribution in [0.15, 0.2) is 35.5 Å². The van der Waals surface area contributed by atoms with Crippen LogP contribution in [0.25, 0.3) is 11.2 Å². The third-order valence-corrected chi connectivity index (χ3v) is 4.51. The molecule has 0 radical (unpaired) electrons. The maximum atomic E-state index is 13.4. The second-order valence-corrected chi connectivity index (χ2v) is 7.12. The molecule has 0 amide bonds. The average Bonchev–Trinajstić information content (AvgIpc) is 3.11. The minimum atomic E-state index is -0.534. The van der Waals surface area contributed by atoms with Gasteiger partial charge in [0.05, 0.1) is 16.2 Å². The molecule has 0 unspecified atom stereocenters. The molecule has 0 aliphatic rings. The van der Waals surface area contributed by atoms with E-state index in [2.05, 4.69) is 35.6 Å². The number of amidine groups is 1. The topological polar surface area (TPSA) is 101 Å². The van der Waals surface area contributed by atoms with Crippen LogP contribution in [-0.4, -0.2) is 64.6 Å². The Morgan fingerprint density at radius 3 is 2.86 bits per heavy atom. The second kappa shape index (κ2) is 9.75. The van der Waals surface area contributed by atoms with Crippen molar-refractivity contribution in [3.05, 3.63) is 52.7 Å². The lowest BCUT2D eigenvalue weighted by Crippen LogP contribution is -2.28. The predicted molar refractivity (Wildman–Crippen MR) is 112 cm³/mol. The Labute approximate surface area is 172 Å². The smallest absolute Gasteiger partial charge is 0.178 e. The molecule has 8 nitrogen and oxygen atoms in total. The molecular weight excluding hydrogens is 397 g/mol. The number of likely N-dealkylation sites (N-methyl/N-ethyl adjacent to an activating group) is 1. The maximum absolute atomic E-state index is 13.4. The van der Waals surface area contributed by atoms with Gasteiger partial charge in [-0.25, -0.2) is 19.4 Å². The molecule has 3 aromatic rings. The first-order valence-electron chi connectivity index (χ1n) is 9.11. The molecule has 0 spiro atoms. The molecule has 0 bridgehead atoms. The van der Waals surface area contributed by atoms with Crippen LogP contribution in [0.4, 0.5) is 10.1 Å². The molecule has 4 N–H and O–H groups in total. The van der Waals surface area contributed by atoms with E-state index in [9.17, 15) is 9.60 Å². The van der Waals surface area contributed by atoms with E-state index in [0.717, 1.165) is 25.5 Å². The molecule has 0 saturated heterocycles. The van der Waals surface area contributed by atoms with Gasteiger partial charge in [0.25, 0.3) is 0 Å². The molecule has 2 aromatic heterocycles. The monoisotopic (exact) mass is 419 g/mol. The first-order chi connectivity index (χ1) is 14.0. The number of H-pyrrole nitrogens is 1. The first-order valence-corrected chi connectivity index (χ1v) is 9.49. The van der Waals surface area contributed by atoms with E-state index in [1.165, 1.54) is 18.2 Å². The van der Waals surface area contributed by atoms with Crippen molar-refractivity contribution in [1.29, 1.82) is 0 Å². The van der Waals surface area contributed by atoms with Gasteiger partial charge >= 0.3 is 0 Å². The molecule has 1 aromatic carbocycles. The van der Waals surface area contributed by atoms with E-state index in [4.69, 9.17) is 11.6 Å². The summed E-state index contributed by atoms with van der Waals surface area (Å²) in [5.74, 6) is 0.409. The summed E-state index contributed by atoms with van der Waals surface area (Å²) >= 11 is 5.81. The lowest BCUT2D eigenvalue weighted by Gasteiger charge is -2.09. The Kier molecular flexibility index (Phi) is 7.10. The van der Waals surface area contributed by atoms with Gasteiger partial charge in [-0.2, -0.15) is 0 Å². The normalized spacial score (nSPS) is 12.1. The fourth-order valence-corrected chi connectivity index (χ4v) is 2.91. The number of hydroxylamine groups is 1. The Morgan fingerprint density at radius 2 is 2.14 bits per heavy atom. The van der Waals surface area contributed by atoms with E-state index in [1.54, 1.807) is 12.3 Å². The number of nitrogens with one attached hydrogen (secondary N) is 3. The van der Waals surface area contributed by atoms with Gasteiger partial charge in [-0.3, -0.25) is 10.7 Å². The van der Waals surface area contributed by atoms with Crippen molar-refractivity contribution < 1.29 is 9.60 Å². The van der Waals surface area contributed by atoms with Crippen molar-refractivity contribution in [2.45, 2.75) is 6.42 Å². The van der Waals surface area contributed by atoms with Crippen LogP contribution in [-0.2, 0) is 6.42 Å². The highest BCUT2D eigenvalue weighted by Crippen LogP contribution is 2.23. The number of benzene rings is 1. The molecule has 3 rings (SSSR count). The van der Waals surface area contributed by atoms with Gasteiger partial charge < -0.3 is 15.2 Å². The van der Waals surface area contributed by atoms with Crippen LogP contribution in [0.1, 0.15) is 11.4 Å². The fourth-order valence-electron chi connectivity index (χ4n) is 2.74. The summed E-state index contributed by atoms with van der Waals surface area (Å²) in [5, 5.41) is 12.9. The highest BCUT2D eigenvalue weighted by molar-refractivity contribution is 6.31. The molecule has 2 heterocycles. The number of hydrogen-bond acceptors (Lipinski definition) is 6. The molecule has 29 heavy (non-hydrogen) atoms. The van der Waals surface area contributed by atoms with Crippen molar-refractivity contribution in [1.82, 2.24) is 30.6 Å². The highest BCUT2D eigenvalue weighted by atomic mass is 35.5. The number of aromatic nitrogens is 3. The number of fused-ring (bicyclic) bond motifs is 1. The quantitative estimate of drug-likeness (QED) is 0.194. The Balaban J connectivity index is 1.81. The number of hydrogen-bond donors (Lipinski definition) is 4. The summed E-state index contributed by atoms with van der Waals surface area (Å²) in [5.41, 5.74) is 4.23. The predicted octanol–water partition coefficient (Wildman–Crippen LogP) is 2.50. The highest BCUT2D eigenvalue weighted by Gasteiger charge is 2.13. The Hall–Kier alpha value is -2.59. The zero-order valence-electron chi connectivity index (χ0n) is 16.2. The summed E-state index contributed by atoms with van der Waals surface area (Å²) < 4.78 is 13.4. The van der Waals surface area contributed by atoms with Gasteiger partial charge in [0.15, 0.2) is 11.5 Å². The molecule has 0 saturated carbocycles. The SMILES string of the molecule is CN(C)CCNCCc1nc2nccc(C(=Nc3ccc(F)c(Cl)c3)NO)c2[nH]1. The third-order valence-electron chi connectivity index (χ3n) is 4.22. The molecule has 0 fully saturated rings. The molecular formula is C19H23ClFN7O. The van der Waals surface area contributed by atoms with Gasteiger partial charge in [-0.15, -0.1) is 0 Å². The molecule has 0 aliphatic carbocycles. The lowest BCUT2D eigenvalue weighted by molar-refractivity contribution is 0.235. The van der Waals surface area contributed by atoms with Crippen LogP contribution in [0, 0.1) is 5.82 Å². The Morgan fingerprint density at radius 1 is 1.31 bits per heavy atom. The van der Waals surface area contributed by atoms with Crippen molar-refractivity contribution in [3.63, 3.8) is 0 Å². The van der Waals surface area contributed by atoms with Crippen LogP contribution in [0.5, 0.6) is 0 Å². The van der Waals surface area contributed by atoms with Gasteiger partial charge in [0.2, 0.25) is 0 Å². The molecule has 0 atom stereocenters. The van der Waals surface area contributed by atoms with Crippen LogP contribution in [0.3, 0.4) is 0 Å². The average molecular weight is 420 g/mol. The van der Waals surface area contributed by atoms with Gasteiger partial charge in [-0.1, -0.05) is 11.6 Å². The molecule has 0 aliphatic heterocycles. The van der Waals surface area contributed by atoms with E-state index < -0.39 is 5.82 Å². The largest absolute Gasteiger partial charge is 0.340 e.